The maximum Gasteiger partial charge on any atom is 0.412 e. The summed E-state index contributed by atoms with van der Waals surface area (Å²) in [6.07, 6.45) is 12.9. The highest BCUT2D eigenvalue weighted by Crippen LogP contribution is 2.38. The Morgan fingerprint density at radius 2 is 1.44 bits per heavy atom. The Hall–Kier alpha value is -5.54. The van der Waals surface area contributed by atoms with E-state index in [9.17, 15) is 24.3 Å². The number of anilines is 1. The Kier molecular flexibility index (Phi) is 14.7. The van der Waals surface area contributed by atoms with Crippen LogP contribution in [0.3, 0.4) is 0 Å². The van der Waals surface area contributed by atoms with E-state index < -0.39 is 30.2 Å². The van der Waals surface area contributed by atoms with E-state index in [1.807, 2.05) is 30.3 Å². The van der Waals surface area contributed by atoms with Crippen LogP contribution in [0.2, 0.25) is 0 Å². The van der Waals surface area contributed by atoms with Gasteiger partial charge in [0.2, 0.25) is 6.10 Å². The fraction of sp³-hybridized carbons (Fsp3) is 0.436. The molecular formula is C39H47N5O10. The second kappa shape index (κ2) is 20.1. The van der Waals surface area contributed by atoms with Gasteiger partial charge in [0.05, 0.1) is 51.3 Å². The quantitative estimate of drug-likeness (QED) is 0.114. The summed E-state index contributed by atoms with van der Waals surface area (Å²) in [5.74, 6) is -1.42. The fourth-order valence-corrected chi connectivity index (χ4v) is 6.12. The first-order valence-corrected chi connectivity index (χ1v) is 18.1. The molecular weight excluding hydrogens is 698 g/mol. The number of epoxide rings is 1. The van der Waals surface area contributed by atoms with Crippen molar-refractivity contribution in [3.63, 3.8) is 0 Å². The largest absolute Gasteiger partial charge is 0.464 e. The number of imidazole rings is 2. The highest BCUT2D eigenvalue weighted by molar-refractivity contribution is 5.90. The van der Waals surface area contributed by atoms with Gasteiger partial charge in [0.25, 0.3) is 0 Å². The zero-order valence-corrected chi connectivity index (χ0v) is 30.6. The van der Waals surface area contributed by atoms with E-state index in [4.69, 9.17) is 18.9 Å². The van der Waals surface area contributed by atoms with Crippen LogP contribution in [-0.4, -0.2) is 86.3 Å². The molecule has 2 aromatic heterocycles. The molecule has 3 heterocycles. The summed E-state index contributed by atoms with van der Waals surface area (Å²) in [6, 6.07) is 11.9. The number of hydrogen-bond donors (Lipinski definition) is 2. The summed E-state index contributed by atoms with van der Waals surface area (Å²) in [5.41, 5.74) is 7.00. The summed E-state index contributed by atoms with van der Waals surface area (Å²) in [7, 11) is 0. The van der Waals surface area contributed by atoms with Crippen LogP contribution in [-0.2, 0) is 83.4 Å². The van der Waals surface area contributed by atoms with Gasteiger partial charge in [-0.05, 0) is 80.2 Å². The van der Waals surface area contributed by atoms with Crippen molar-refractivity contribution in [2.24, 2.45) is 0 Å². The zero-order valence-electron chi connectivity index (χ0n) is 30.6. The lowest BCUT2D eigenvalue weighted by molar-refractivity contribution is -0.154. The number of hydrogen-bond acceptors (Lipinski definition) is 12. The smallest absolute Gasteiger partial charge is 0.412 e. The molecule has 0 spiro atoms. The van der Waals surface area contributed by atoms with Crippen molar-refractivity contribution in [3.8, 4) is 0 Å². The maximum atomic E-state index is 12.7. The van der Waals surface area contributed by atoms with Crippen LogP contribution in [0.15, 0.2) is 73.8 Å². The number of amides is 1. The van der Waals surface area contributed by atoms with Crippen molar-refractivity contribution in [3.05, 3.63) is 102 Å². The fourth-order valence-electron chi connectivity index (χ4n) is 6.12. The highest BCUT2D eigenvalue weighted by Gasteiger charge is 2.33. The van der Waals surface area contributed by atoms with E-state index in [0.29, 0.717) is 13.2 Å². The summed E-state index contributed by atoms with van der Waals surface area (Å²) in [4.78, 5) is 54.7. The standard InChI is InChI=1S/C21H25N3O4.C10H10O3.C8H12N2O3/c1-2-27-20(25)18(12-24-10-9-22-13-24)28-21(26)23-19-16-7-3-5-14(16)11-15-6-4-8-17(15)19;11-10(9-7-12-9)13-6-8-4-2-1-3-5-8;1-2-13-8(12)7(11)5-10-4-3-9-6-10/h9-11,13,18H,2-8,12H2,1H3,(H,23,26);1-5,9H,6-7H2;3-4,6-7,11H,2,5H2,1H3/t18-;9-;7-/m111/s1. The van der Waals surface area contributed by atoms with E-state index in [-0.39, 0.29) is 38.4 Å². The van der Waals surface area contributed by atoms with Gasteiger partial charge < -0.3 is 37.9 Å². The molecule has 1 fully saturated rings. The topological polar surface area (TPSA) is 186 Å². The first kappa shape index (κ1) is 39.7. The minimum absolute atomic E-state index is 0.164. The number of nitrogens with zero attached hydrogens (tertiary/aromatic N) is 4. The van der Waals surface area contributed by atoms with E-state index in [0.717, 1.165) is 49.8 Å². The van der Waals surface area contributed by atoms with E-state index in [2.05, 4.69) is 26.1 Å². The van der Waals surface area contributed by atoms with Gasteiger partial charge in [-0.3, -0.25) is 5.32 Å². The number of aryl methyl sites for hydroxylation is 2. The van der Waals surface area contributed by atoms with Gasteiger partial charge in [-0.25, -0.2) is 29.1 Å². The van der Waals surface area contributed by atoms with Crippen LogP contribution in [0, 0.1) is 0 Å². The Balaban J connectivity index is 0.000000179. The van der Waals surface area contributed by atoms with E-state index in [1.54, 1.807) is 54.1 Å². The van der Waals surface area contributed by atoms with Gasteiger partial charge in [0.1, 0.15) is 6.61 Å². The second-order valence-electron chi connectivity index (χ2n) is 12.7. The minimum atomic E-state index is -1.12. The van der Waals surface area contributed by atoms with E-state index in [1.165, 1.54) is 28.6 Å². The predicted molar refractivity (Wildman–Crippen MR) is 194 cm³/mol. The van der Waals surface area contributed by atoms with Crippen LogP contribution >= 0.6 is 0 Å². The Bertz CT molecular complexity index is 1780. The van der Waals surface area contributed by atoms with Crippen LogP contribution in [0.4, 0.5) is 10.5 Å². The average molecular weight is 746 g/mol. The summed E-state index contributed by atoms with van der Waals surface area (Å²) in [6.45, 7) is 5.11. The Morgan fingerprint density at radius 3 is 2.00 bits per heavy atom. The molecule has 1 aliphatic heterocycles. The van der Waals surface area contributed by atoms with Crippen molar-refractivity contribution in [2.45, 2.75) is 90.4 Å². The first-order chi connectivity index (χ1) is 26.2. The lowest BCUT2D eigenvalue weighted by Gasteiger charge is -2.19. The molecule has 54 heavy (non-hydrogen) atoms. The van der Waals surface area contributed by atoms with Crippen LogP contribution in [0.25, 0.3) is 0 Å². The molecule has 1 amide bonds. The maximum absolute atomic E-state index is 12.7. The molecule has 7 rings (SSSR count). The SMILES string of the molecule is CCOC(=O)[C@@H](Cn1ccnc1)OC(=O)Nc1c2c(cc3c1CCC3)CCC2.CCOC(=O)[C@H](O)Cn1ccnc1.O=C(OCc1ccccc1)[C@H]1CO1. The molecule has 0 radical (unpaired) electrons. The molecule has 2 aliphatic carbocycles. The number of nitrogens with one attached hydrogen (secondary N) is 1. The summed E-state index contributed by atoms with van der Waals surface area (Å²) < 4.78 is 28.3. The molecule has 2 aromatic carbocycles. The number of rotatable bonds is 13. The van der Waals surface area contributed by atoms with Crippen molar-refractivity contribution in [1.82, 2.24) is 19.1 Å². The third-order valence-corrected chi connectivity index (χ3v) is 8.76. The number of aliphatic hydroxyl groups is 1. The molecule has 3 atom stereocenters. The molecule has 0 unspecified atom stereocenters. The van der Waals surface area contributed by atoms with E-state index >= 15 is 0 Å². The number of carbonyl (C=O) groups is 4. The summed E-state index contributed by atoms with van der Waals surface area (Å²) >= 11 is 0. The first-order valence-electron chi connectivity index (χ1n) is 18.1. The van der Waals surface area contributed by atoms with Crippen LogP contribution < -0.4 is 5.32 Å². The van der Waals surface area contributed by atoms with Gasteiger partial charge in [0.15, 0.2) is 12.2 Å². The van der Waals surface area contributed by atoms with Crippen LogP contribution in [0.1, 0.15) is 54.5 Å². The van der Waals surface area contributed by atoms with Crippen LogP contribution in [0.5, 0.6) is 0 Å². The third kappa shape index (κ3) is 11.7. The Morgan fingerprint density at radius 1 is 0.852 bits per heavy atom. The molecule has 15 heteroatoms. The normalized spacial score (nSPS) is 15.8. The zero-order chi connectivity index (χ0) is 38.3. The molecule has 15 nitrogen and oxygen atoms in total. The van der Waals surface area contributed by atoms with Gasteiger partial charge in [-0.2, -0.15) is 0 Å². The minimum Gasteiger partial charge on any atom is -0.464 e. The number of esters is 3. The number of benzene rings is 2. The summed E-state index contributed by atoms with van der Waals surface area (Å²) in [5, 5.41) is 12.3. The molecule has 2 N–H and O–H groups in total. The number of ether oxygens (including phenoxy) is 5. The van der Waals surface area contributed by atoms with Crippen molar-refractivity contribution >= 4 is 29.7 Å². The molecule has 0 saturated carbocycles. The van der Waals surface area contributed by atoms with Crippen molar-refractivity contribution < 1.29 is 48.0 Å². The molecule has 288 valence electrons. The van der Waals surface area contributed by atoms with Gasteiger partial charge in [-0.1, -0.05) is 36.4 Å². The second-order valence-corrected chi connectivity index (χ2v) is 12.7. The average Bonchev–Trinajstić information content (AvgIpc) is 3.64. The van der Waals surface area contributed by atoms with Crippen molar-refractivity contribution in [2.75, 3.05) is 25.1 Å². The Labute approximate surface area is 313 Å². The monoisotopic (exact) mass is 745 g/mol. The lowest BCUT2D eigenvalue weighted by Crippen LogP contribution is -2.34. The molecule has 4 aromatic rings. The number of aromatic nitrogens is 4. The lowest BCUT2D eigenvalue weighted by atomic mass is 9.99. The van der Waals surface area contributed by atoms with Crippen molar-refractivity contribution in [1.29, 1.82) is 0 Å². The van der Waals surface area contributed by atoms with Gasteiger partial charge in [-0.15, -0.1) is 0 Å². The van der Waals surface area contributed by atoms with Gasteiger partial charge in [0, 0.05) is 24.8 Å². The molecule has 1 saturated heterocycles. The third-order valence-electron chi connectivity index (χ3n) is 8.76. The predicted octanol–water partition coefficient (Wildman–Crippen LogP) is 3.98. The van der Waals surface area contributed by atoms with Gasteiger partial charge >= 0.3 is 24.0 Å². The molecule has 3 aliphatic rings. The molecule has 0 bridgehead atoms. The number of fused-ring (bicyclic) bond motifs is 2. The highest BCUT2D eigenvalue weighted by atomic mass is 16.6. The number of carbonyl (C=O) groups excluding carboxylic acids is 4. The number of aliphatic hydroxyl groups excluding tert-OH is 1.